The van der Waals surface area contributed by atoms with E-state index in [1.807, 2.05) is 37.3 Å². The first-order chi connectivity index (χ1) is 17.0. The van der Waals surface area contributed by atoms with E-state index in [0.717, 1.165) is 38.3 Å². The standard InChI is InChI=1S/C27H31ClN4O2S/c1-20(30-27(34)26(33)29-18-22-10-5-6-11-23(22)28)25(24-12-7-17-35-24)32-15-13-31(14-16-32)19-21-8-3-2-4-9-21/h2-12,17,20,25H,13-16,18-19H2,1H3,(H,29,33)(H,30,34)/t20-,25+/m1/s1. The number of hydrogen-bond donors (Lipinski definition) is 2. The first kappa shape index (κ1) is 25.4. The SMILES string of the molecule is C[C@@H](NC(=O)C(=O)NCc1ccccc1Cl)[C@@H](c1cccs1)N1CCN(Cc2ccccc2)CC1. The number of nitrogens with one attached hydrogen (secondary N) is 2. The van der Waals surface area contributed by atoms with Crippen molar-refractivity contribution in [2.24, 2.45) is 0 Å². The minimum Gasteiger partial charge on any atom is -0.344 e. The molecular formula is C27H31ClN4O2S. The van der Waals surface area contributed by atoms with Gasteiger partial charge >= 0.3 is 11.8 Å². The number of carbonyl (C=O) groups excluding carboxylic acids is 2. The third kappa shape index (κ3) is 6.92. The molecule has 2 heterocycles. The van der Waals surface area contributed by atoms with Crippen molar-refractivity contribution in [3.8, 4) is 0 Å². The molecule has 1 aliphatic heterocycles. The van der Waals surface area contributed by atoms with Crippen molar-refractivity contribution >= 4 is 34.8 Å². The molecule has 4 rings (SSSR count). The third-order valence-corrected chi connectivity index (χ3v) is 7.63. The summed E-state index contributed by atoms with van der Waals surface area (Å²) >= 11 is 7.83. The second kappa shape index (κ2) is 12.3. The third-order valence-electron chi connectivity index (χ3n) is 6.32. The Morgan fingerprint density at radius 3 is 2.34 bits per heavy atom. The predicted molar refractivity (Wildman–Crippen MR) is 141 cm³/mol. The molecule has 2 N–H and O–H groups in total. The van der Waals surface area contributed by atoms with Crippen LogP contribution in [0.5, 0.6) is 0 Å². The molecule has 0 aliphatic carbocycles. The van der Waals surface area contributed by atoms with Crippen LogP contribution in [0.4, 0.5) is 0 Å². The second-order valence-electron chi connectivity index (χ2n) is 8.79. The number of carbonyl (C=O) groups is 2. The van der Waals surface area contributed by atoms with Gasteiger partial charge in [-0.3, -0.25) is 19.4 Å². The Kier molecular flexibility index (Phi) is 8.93. The lowest BCUT2D eigenvalue weighted by Gasteiger charge is -2.41. The van der Waals surface area contributed by atoms with Gasteiger partial charge in [-0.2, -0.15) is 0 Å². The Hall–Kier alpha value is -2.71. The molecule has 6 nitrogen and oxygen atoms in total. The van der Waals surface area contributed by atoms with Crippen LogP contribution in [0, 0.1) is 0 Å². The summed E-state index contributed by atoms with van der Waals surface area (Å²) in [6.07, 6.45) is 0. The number of amides is 2. The molecule has 0 bridgehead atoms. The molecule has 2 amide bonds. The molecule has 184 valence electrons. The van der Waals surface area contributed by atoms with Crippen LogP contribution in [0.1, 0.15) is 29.0 Å². The van der Waals surface area contributed by atoms with Crippen molar-refractivity contribution in [2.75, 3.05) is 26.2 Å². The highest BCUT2D eigenvalue weighted by atomic mass is 35.5. The van der Waals surface area contributed by atoms with Gasteiger partial charge in [-0.15, -0.1) is 11.3 Å². The highest BCUT2D eigenvalue weighted by molar-refractivity contribution is 7.10. The molecule has 0 saturated carbocycles. The van der Waals surface area contributed by atoms with Crippen LogP contribution in [0.2, 0.25) is 5.02 Å². The average molecular weight is 511 g/mol. The maximum Gasteiger partial charge on any atom is 0.309 e. The van der Waals surface area contributed by atoms with Crippen LogP contribution in [-0.2, 0) is 22.7 Å². The monoisotopic (exact) mass is 510 g/mol. The van der Waals surface area contributed by atoms with Gasteiger partial charge in [0.25, 0.3) is 0 Å². The summed E-state index contributed by atoms with van der Waals surface area (Å²) in [5.74, 6) is -1.29. The Morgan fingerprint density at radius 1 is 0.943 bits per heavy atom. The largest absolute Gasteiger partial charge is 0.344 e. The molecule has 0 unspecified atom stereocenters. The summed E-state index contributed by atoms with van der Waals surface area (Å²) in [4.78, 5) is 31.2. The van der Waals surface area contributed by atoms with E-state index in [1.165, 1.54) is 10.4 Å². The van der Waals surface area contributed by atoms with Gasteiger partial charge in [-0.05, 0) is 35.6 Å². The van der Waals surface area contributed by atoms with Gasteiger partial charge in [0.2, 0.25) is 0 Å². The first-order valence-electron chi connectivity index (χ1n) is 11.9. The van der Waals surface area contributed by atoms with E-state index in [1.54, 1.807) is 17.4 Å². The smallest absolute Gasteiger partial charge is 0.309 e. The summed E-state index contributed by atoms with van der Waals surface area (Å²) in [6.45, 7) is 6.82. The zero-order chi connectivity index (χ0) is 24.6. The fourth-order valence-electron chi connectivity index (χ4n) is 4.49. The van der Waals surface area contributed by atoms with E-state index in [9.17, 15) is 9.59 Å². The molecule has 35 heavy (non-hydrogen) atoms. The minimum atomic E-state index is -0.658. The number of thiophene rings is 1. The summed E-state index contributed by atoms with van der Waals surface area (Å²) < 4.78 is 0. The van der Waals surface area contributed by atoms with E-state index in [2.05, 4.69) is 56.1 Å². The van der Waals surface area contributed by atoms with Crippen molar-refractivity contribution in [1.29, 1.82) is 0 Å². The van der Waals surface area contributed by atoms with Crippen LogP contribution < -0.4 is 10.6 Å². The van der Waals surface area contributed by atoms with Crippen molar-refractivity contribution in [1.82, 2.24) is 20.4 Å². The summed E-state index contributed by atoms with van der Waals surface area (Å²) in [6, 6.07) is 21.7. The molecular weight excluding hydrogens is 480 g/mol. The predicted octanol–water partition coefficient (Wildman–Crippen LogP) is 4.08. The Bertz CT molecular complexity index is 1100. The molecule has 1 fully saturated rings. The van der Waals surface area contributed by atoms with E-state index in [4.69, 9.17) is 11.6 Å². The molecule has 1 aromatic heterocycles. The van der Waals surface area contributed by atoms with Crippen molar-refractivity contribution in [3.63, 3.8) is 0 Å². The van der Waals surface area contributed by atoms with Gasteiger partial charge in [0.05, 0.1) is 6.04 Å². The quantitative estimate of drug-likeness (QED) is 0.448. The van der Waals surface area contributed by atoms with Crippen LogP contribution in [0.25, 0.3) is 0 Å². The summed E-state index contributed by atoms with van der Waals surface area (Å²) in [5.41, 5.74) is 2.09. The van der Waals surface area contributed by atoms with Gasteiger partial charge < -0.3 is 10.6 Å². The van der Waals surface area contributed by atoms with Gasteiger partial charge in [0.15, 0.2) is 0 Å². The lowest BCUT2D eigenvalue weighted by molar-refractivity contribution is -0.140. The number of nitrogens with zero attached hydrogens (tertiary/aromatic N) is 2. The second-order valence-corrected chi connectivity index (χ2v) is 10.2. The summed E-state index contributed by atoms with van der Waals surface area (Å²) in [5, 5.41) is 8.22. The Balaban J connectivity index is 1.34. The molecule has 1 aliphatic rings. The number of hydrogen-bond acceptors (Lipinski definition) is 5. The van der Waals surface area contributed by atoms with Gasteiger partial charge in [0, 0.05) is 55.2 Å². The fraction of sp³-hybridized carbons (Fsp3) is 0.333. The zero-order valence-corrected chi connectivity index (χ0v) is 21.4. The Labute approximate surface area is 215 Å². The highest BCUT2D eigenvalue weighted by Crippen LogP contribution is 2.29. The molecule has 0 radical (unpaired) electrons. The molecule has 0 spiro atoms. The molecule has 2 aromatic carbocycles. The molecule has 8 heteroatoms. The van der Waals surface area contributed by atoms with Crippen LogP contribution in [0.15, 0.2) is 72.1 Å². The molecule has 1 saturated heterocycles. The Morgan fingerprint density at radius 2 is 1.66 bits per heavy atom. The summed E-state index contributed by atoms with van der Waals surface area (Å²) in [7, 11) is 0. The lowest BCUT2D eigenvalue weighted by Crippen LogP contribution is -2.53. The fourth-order valence-corrected chi connectivity index (χ4v) is 5.66. The molecule has 2 atom stereocenters. The normalized spacial score (nSPS) is 16.4. The van der Waals surface area contributed by atoms with Crippen molar-refractivity contribution in [3.05, 3.63) is 93.1 Å². The zero-order valence-electron chi connectivity index (χ0n) is 19.8. The maximum atomic E-state index is 12.7. The van der Waals surface area contributed by atoms with E-state index >= 15 is 0 Å². The van der Waals surface area contributed by atoms with Gasteiger partial charge in [-0.1, -0.05) is 66.2 Å². The molecule has 3 aromatic rings. The average Bonchev–Trinajstić information content (AvgIpc) is 3.39. The van der Waals surface area contributed by atoms with E-state index in [-0.39, 0.29) is 18.6 Å². The van der Waals surface area contributed by atoms with Crippen molar-refractivity contribution in [2.45, 2.75) is 32.1 Å². The minimum absolute atomic E-state index is 0.00851. The van der Waals surface area contributed by atoms with E-state index in [0.29, 0.717) is 5.02 Å². The van der Waals surface area contributed by atoms with E-state index < -0.39 is 11.8 Å². The van der Waals surface area contributed by atoms with Gasteiger partial charge in [0.1, 0.15) is 0 Å². The maximum absolute atomic E-state index is 12.7. The first-order valence-corrected chi connectivity index (χ1v) is 13.1. The van der Waals surface area contributed by atoms with Gasteiger partial charge in [-0.25, -0.2) is 0 Å². The van der Waals surface area contributed by atoms with Crippen LogP contribution in [0.3, 0.4) is 0 Å². The number of rotatable bonds is 8. The van der Waals surface area contributed by atoms with Crippen LogP contribution in [-0.4, -0.2) is 53.8 Å². The number of benzene rings is 2. The van der Waals surface area contributed by atoms with Crippen LogP contribution >= 0.6 is 22.9 Å². The lowest BCUT2D eigenvalue weighted by atomic mass is 10.0. The topological polar surface area (TPSA) is 64.7 Å². The van der Waals surface area contributed by atoms with Crippen molar-refractivity contribution < 1.29 is 9.59 Å². The highest BCUT2D eigenvalue weighted by Gasteiger charge is 2.31. The number of piperazine rings is 1. The number of halogens is 1.